The van der Waals surface area contributed by atoms with Crippen LogP contribution in [0.5, 0.6) is 0 Å². The van der Waals surface area contributed by atoms with Gasteiger partial charge in [-0.05, 0) is 25.0 Å². The lowest BCUT2D eigenvalue weighted by molar-refractivity contribution is -0.192. The Kier molecular flexibility index (Phi) is 7.35. The Morgan fingerprint density at radius 3 is 2.28 bits per heavy atom. The summed E-state index contributed by atoms with van der Waals surface area (Å²) in [6.07, 6.45) is -3.57. The summed E-state index contributed by atoms with van der Waals surface area (Å²) in [5.41, 5.74) is 1.32. The maximum absolute atomic E-state index is 12.7. The van der Waals surface area contributed by atoms with Crippen molar-refractivity contribution in [1.29, 1.82) is 0 Å². The first kappa shape index (κ1) is 25.3. The maximum atomic E-state index is 12.7. The molecule has 0 radical (unpaired) electrons. The van der Waals surface area contributed by atoms with E-state index in [1.807, 2.05) is 20.8 Å². The molecule has 2 aromatic rings. The number of nitrogens with zero attached hydrogens (tertiary/aromatic N) is 3. The minimum Gasteiger partial charge on any atom is -0.475 e. The van der Waals surface area contributed by atoms with Gasteiger partial charge in [0.2, 0.25) is 10.0 Å². The first-order chi connectivity index (χ1) is 14.7. The molecule has 2 N–H and O–H groups in total. The van der Waals surface area contributed by atoms with Gasteiger partial charge in [0.05, 0.1) is 17.9 Å². The van der Waals surface area contributed by atoms with Gasteiger partial charge in [0, 0.05) is 13.1 Å². The summed E-state index contributed by atoms with van der Waals surface area (Å²) in [5, 5.41) is 10.1. The lowest BCUT2D eigenvalue weighted by Gasteiger charge is -2.18. The monoisotopic (exact) mass is 476 g/mol. The quantitative estimate of drug-likeness (QED) is 0.702. The number of halogens is 3. The number of fused-ring (bicyclic) bond motifs is 3. The maximum Gasteiger partial charge on any atom is 0.490 e. The number of carbonyl (C=O) groups is 2. The van der Waals surface area contributed by atoms with E-state index < -0.39 is 22.2 Å². The topological polar surface area (TPSA) is 122 Å². The molecule has 1 aromatic heterocycles. The highest BCUT2D eigenvalue weighted by Crippen LogP contribution is 2.30. The summed E-state index contributed by atoms with van der Waals surface area (Å²) >= 11 is 0. The number of aliphatic carboxylic acids is 1. The molecule has 1 aliphatic heterocycles. The number of aromatic nitrogens is 2. The van der Waals surface area contributed by atoms with Crippen molar-refractivity contribution in [2.75, 3.05) is 7.05 Å². The SMILES string of the molecule is CC(C)C(C)NC(=O)c1ncn2c1CN(C)S(=O)(=O)c1ccccc1-2.O=C(O)C(F)(F)F. The van der Waals surface area contributed by atoms with Crippen LogP contribution >= 0.6 is 0 Å². The van der Waals surface area contributed by atoms with Gasteiger partial charge in [-0.15, -0.1) is 0 Å². The van der Waals surface area contributed by atoms with Crippen LogP contribution in [0.1, 0.15) is 37.0 Å². The van der Waals surface area contributed by atoms with Crippen LogP contribution in [0.15, 0.2) is 35.5 Å². The summed E-state index contributed by atoms with van der Waals surface area (Å²) in [5.74, 6) is -2.76. The number of benzene rings is 1. The van der Waals surface area contributed by atoms with Crippen LogP contribution in [0, 0.1) is 5.92 Å². The Labute approximate surface area is 182 Å². The third-order valence-electron chi connectivity index (χ3n) is 4.87. The van der Waals surface area contributed by atoms with Gasteiger partial charge >= 0.3 is 12.1 Å². The molecule has 1 atom stereocenters. The fourth-order valence-electron chi connectivity index (χ4n) is 2.70. The average Bonchev–Trinajstić information content (AvgIpc) is 3.07. The van der Waals surface area contributed by atoms with Crippen molar-refractivity contribution in [3.8, 4) is 5.69 Å². The largest absolute Gasteiger partial charge is 0.490 e. The van der Waals surface area contributed by atoms with Crippen LogP contribution in [0.3, 0.4) is 0 Å². The highest BCUT2D eigenvalue weighted by molar-refractivity contribution is 7.89. The fourth-order valence-corrected chi connectivity index (χ4v) is 4.01. The number of para-hydroxylation sites is 1. The Bertz CT molecular complexity index is 1110. The summed E-state index contributed by atoms with van der Waals surface area (Å²) in [6, 6.07) is 6.73. The summed E-state index contributed by atoms with van der Waals surface area (Å²) in [7, 11) is -2.11. The molecule has 1 aromatic carbocycles. The van der Waals surface area contributed by atoms with Crippen molar-refractivity contribution in [2.45, 2.75) is 44.4 Å². The van der Waals surface area contributed by atoms with Gasteiger partial charge in [-0.3, -0.25) is 9.36 Å². The molecular weight excluding hydrogens is 453 g/mol. The van der Waals surface area contributed by atoms with Crippen molar-refractivity contribution < 1.29 is 36.3 Å². The van der Waals surface area contributed by atoms with Gasteiger partial charge in [-0.25, -0.2) is 18.2 Å². The molecule has 1 amide bonds. The second-order valence-corrected chi connectivity index (χ2v) is 9.46. The first-order valence-corrected chi connectivity index (χ1v) is 10.8. The number of carboxylic acids is 1. The molecule has 176 valence electrons. The third-order valence-corrected chi connectivity index (χ3v) is 6.72. The zero-order valence-corrected chi connectivity index (χ0v) is 18.5. The van der Waals surface area contributed by atoms with Gasteiger partial charge in [-0.1, -0.05) is 26.0 Å². The van der Waals surface area contributed by atoms with E-state index in [4.69, 9.17) is 9.90 Å². The van der Waals surface area contributed by atoms with Crippen molar-refractivity contribution in [1.82, 2.24) is 19.2 Å². The molecule has 1 unspecified atom stereocenters. The number of amides is 1. The Morgan fingerprint density at radius 2 is 1.75 bits per heavy atom. The Balaban J connectivity index is 0.000000451. The van der Waals surface area contributed by atoms with Gasteiger partial charge < -0.3 is 10.4 Å². The minimum atomic E-state index is -5.08. The highest BCUT2D eigenvalue weighted by Gasteiger charge is 2.38. The molecule has 32 heavy (non-hydrogen) atoms. The highest BCUT2D eigenvalue weighted by atomic mass is 32.2. The number of hydrogen-bond acceptors (Lipinski definition) is 5. The zero-order valence-electron chi connectivity index (χ0n) is 17.7. The van der Waals surface area contributed by atoms with E-state index in [0.717, 1.165) is 0 Å². The van der Waals surface area contributed by atoms with E-state index in [2.05, 4.69) is 10.3 Å². The van der Waals surface area contributed by atoms with Crippen molar-refractivity contribution in [3.63, 3.8) is 0 Å². The summed E-state index contributed by atoms with van der Waals surface area (Å²) in [4.78, 5) is 26.0. The minimum absolute atomic E-state index is 0.00984. The number of imidazole rings is 1. The average molecular weight is 476 g/mol. The molecule has 2 heterocycles. The second kappa shape index (κ2) is 9.28. The lowest BCUT2D eigenvalue weighted by atomic mass is 10.1. The van der Waals surface area contributed by atoms with Crippen molar-refractivity contribution in [3.05, 3.63) is 42.0 Å². The molecule has 0 fully saturated rings. The van der Waals surface area contributed by atoms with E-state index in [9.17, 15) is 26.4 Å². The number of alkyl halides is 3. The molecule has 9 nitrogen and oxygen atoms in total. The Morgan fingerprint density at radius 1 is 1.19 bits per heavy atom. The summed E-state index contributed by atoms with van der Waals surface area (Å²) in [6.45, 7) is 6.06. The van der Waals surface area contributed by atoms with Crippen molar-refractivity contribution >= 4 is 21.9 Å². The van der Waals surface area contributed by atoms with E-state index >= 15 is 0 Å². The van der Waals surface area contributed by atoms with Gasteiger partial charge in [0.25, 0.3) is 5.91 Å². The molecule has 3 rings (SSSR count). The number of carbonyl (C=O) groups excluding carboxylic acids is 1. The number of carboxylic acid groups (broad SMARTS) is 1. The van der Waals surface area contributed by atoms with Gasteiger partial charge in [0.15, 0.2) is 5.69 Å². The molecule has 13 heteroatoms. The predicted molar refractivity (Wildman–Crippen MR) is 108 cm³/mol. The predicted octanol–water partition coefficient (Wildman–Crippen LogP) is 2.41. The van der Waals surface area contributed by atoms with E-state index in [-0.39, 0.29) is 35.0 Å². The zero-order chi connectivity index (χ0) is 24.4. The number of hydrogen-bond donors (Lipinski definition) is 2. The first-order valence-electron chi connectivity index (χ1n) is 9.40. The number of nitrogens with one attached hydrogen (secondary N) is 1. The van der Waals surface area contributed by atoms with Crippen LogP contribution in [-0.2, 0) is 21.4 Å². The normalized spacial score (nSPS) is 16.1. The van der Waals surface area contributed by atoms with E-state index in [1.165, 1.54) is 17.7 Å². The lowest BCUT2D eigenvalue weighted by Crippen LogP contribution is -2.37. The fraction of sp³-hybridized carbons (Fsp3) is 0.421. The van der Waals surface area contributed by atoms with Crippen LogP contribution in [0.25, 0.3) is 5.69 Å². The van der Waals surface area contributed by atoms with Crippen LogP contribution in [0.2, 0.25) is 0 Å². The van der Waals surface area contributed by atoms with Crippen LogP contribution < -0.4 is 5.32 Å². The summed E-state index contributed by atoms with van der Waals surface area (Å²) < 4.78 is 60.1. The van der Waals surface area contributed by atoms with E-state index in [0.29, 0.717) is 11.4 Å². The van der Waals surface area contributed by atoms with Crippen LogP contribution in [-0.4, -0.2) is 58.5 Å². The molecule has 1 aliphatic rings. The molecular formula is C19H23F3N4O5S. The molecule has 0 saturated heterocycles. The standard InChI is InChI=1S/C17H22N4O3S.C2HF3O2/c1-11(2)12(3)19-17(22)16-14-9-20(4)25(23,24)15-8-6-5-7-13(15)21(14)10-18-16;3-2(4,5)1(6)7/h5-8,10-12H,9H2,1-4H3,(H,19,22);(H,6,7). The molecule has 0 aliphatic carbocycles. The smallest absolute Gasteiger partial charge is 0.475 e. The van der Waals surface area contributed by atoms with Gasteiger partial charge in [-0.2, -0.15) is 17.5 Å². The second-order valence-electron chi connectivity index (χ2n) is 7.45. The molecule has 0 saturated carbocycles. The molecule has 0 spiro atoms. The van der Waals surface area contributed by atoms with E-state index in [1.54, 1.807) is 28.8 Å². The Hall–Kier alpha value is -2.93. The van der Waals surface area contributed by atoms with Crippen molar-refractivity contribution in [2.24, 2.45) is 5.92 Å². The molecule has 0 bridgehead atoms. The number of sulfonamides is 1. The number of rotatable bonds is 3. The van der Waals surface area contributed by atoms with Gasteiger partial charge in [0.1, 0.15) is 11.2 Å². The third kappa shape index (κ3) is 5.27. The van der Waals surface area contributed by atoms with Crippen LogP contribution in [0.4, 0.5) is 13.2 Å².